The molecule has 0 spiro atoms. The van der Waals surface area contributed by atoms with E-state index in [0.717, 1.165) is 87.9 Å². The molecule has 2 aliphatic rings. The van der Waals surface area contributed by atoms with Crippen LogP contribution in [0.4, 0.5) is 0 Å². The Balaban J connectivity index is -0.0000000317. The molecule has 98 heavy (non-hydrogen) atoms. The van der Waals surface area contributed by atoms with Gasteiger partial charge in [0.2, 0.25) is 0 Å². The van der Waals surface area contributed by atoms with Crippen molar-refractivity contribution in [1.82, 2.24) is 21.9 Å². The Morgan fingerprint density at radius 3 is 0.582 bits per heavy atom. The van der Waals surface area contributed by atoms with Crippen LogP contribution in [0.15, 0.2) is 0 Å². The second kappa shape index (κ2) is 139. The van der Waals surface area contributed by atoms with Gasteiger partial charge in [0.15, 0.2) is 36.5 Å². The van der Waals surface area contributed by atoms with Crippen LogP contribution in [0.5, 0.6) is 0 Å². The number of hydrogen-bond donors (Lipinski definition) is 8. The summed E-state index contributed by atoms with van der Waals surface area (Å²) in [5.74, 6) is 0.248. The summed E-state index contributed by atoms with van der Waals surface area (Å²) in [7, 11) is 2.57. The first-order chi connectivity index (χ1) is 41.1. The number of nitrogens with one attached hydrogen (secondary N) is 4. The van der Waals surface area contributed by atoms with Gasteiger partial charge in [-0.15, -0.1) is 0 Å². The third kappa shape index (κ3) is 414. The van der Waals surface area contributed by atoms with Gasteiger partial charge in [0.25, 0.3) is 0 Å². The van der Waals surface area contributed by atoms with Crippen LogP contribution >= 0.6 is 0 Å². The third-order valence-corrected chi connectivity index (χ3v) is 6.71. The Morgan fingerprint density at radius 1 is 0.378 bits per heavy atom. The van der Waals surface area contributed by atoms with Crippen molar-refractivity contribution in [2.45, 2.75) is 213 Å². The van der Waals surface area contributed by atoms with Crippen LogP contribution in [0.1, 0.15) is 201 Å². The van der Waals surface area contributed by atoms with E-state index in [-0.39, 0.29) is 161 Å². The van der Waals surface area contributed by atoms with Gasteiger partial charge in [-0.25, -0.2) is 9.68 Å². The van der Waals surface area contributed by atoms with Crippen molar-refractivity contribution in [3.8, 4) is 0 Å². The minimum absolute atomic E-state index is 0. The largest absolute Gasteiger partial charge is 2.00 e. The number of carboxylic acid groups (broad SMARTS) is 2. The summed E-state index contributed by atoms with van der Waals surface area (Å²) in [5, 5.41) is 29.6. The molecule has 30 heteroatoms. The third-order valence-electron chi connectivity index (χ3n) is 6.71. The van der Waals surface area contributed by atoms with Crippen LogP contribution in [0.3, 0.4) is 0 Å². The second-order valence-corrected chi connectivity index (χ2v) is 21.6. The molecular formula is C68H136N4O18V8. The molecule has 0 aromatic heterocycles. The number of esters is 2. The standard InChI is InChI=1S/2C7H12NO3.4C6H13.4C4H9.2C3H5O2.2C2H4NO2.2C2H3O2.8V/c2*1-6(9)8-11-7-4-2-3-5-10-7;4*1-4-5-6(2)3;4*1-4(2)3;2*1-3(4)5-2;2*1-2(4)3-5;2*1-2(3)4;;;;;;;;/h2*7H,1-5H2,(H,8,9);4*6H,1,4-5H2,2-3H3;4*4H,1H2,2-3H3;2*1H2,2H3;2*5H,1H2,(H,3,4);2*1H2,(H,3,4);;;;;;;;/q16*-1;8*+2. The molecule has 2 heterocycles. The van der Waals surface area contributed by atoms with Crippen molar-refractivity contribution >= 4 is 47.5 Å². The Labute approximate surface area is 697 Å². The number of amides is 4. The molecule has 2 unspecified atom stereocenters. The van der Waals surface area contributed by atoms with Crippen molar-refractivity contribution in [2.75, 3.05) is 27.4 Å². The Bertz CT molecular complexity index is 1280. The summed E-state index contributed by atoms with van der Waals surface area (Å²) < 4.78 is 18.3. The summed E-state index contributed by atoms with van der Waals surface area (Å²) in [5.41, 5.74) is 6.84. The maximum Gasteiger partial charge on any atom is 2.00 e. The number of carboxylic acids is 2. The van der Waals surface area contributed by atoms with Crippen LogP contribution in [-0.4, -0.2) is 108 Å². The second-order valence-electron chi connectivity index (χ2n) is 21.6. The summed E-state index contributed by atoms with van der Waals surface area (Å²) in [6, 6.07) is 0. The van der Waals surface area contributed by atoms with Gasteiger partial charge < -0.3 is 131 Å². The number of ether oxygens (including phenoxy) is 4. The number of aliphatic carboxylic acids is 2. The van der Waals surface area contributed by atoms with Crippen molar-refractivity contribution in [3.05, 3.63) is 111 Å². The minimum atomic E-state index is -1.08. The Morgan fingerprint density at radius 2 is 0.520 bits per heavy atom. The topological polar surface area (TPSA) is 321 Å². The molecule has 0 bridgehead atoms. The van der Waals surface area contributed by atoms with Crippen molar-refractivity contribution in [3.63, 3.8) is 0 Å². The monoisotopic (exact) mass is 1700 g/mol. The first-order valence-electron chi connectivity index (χ1n) is 29.8. The molecule has 22 nitrogen and oxygen atoms in total. The number of rotatable bonds is 12. The molecule has 576 valence electrons. The molecule has 8 radical (unpaired) electrons. The van der Waals surface area contributed by atoms with Crippen molar-refractivity contribution < 1.29 is 236 Å². The van der Waals surface area contributed by atoms with Crippen LogP contribution in [0.25, 0.3) is 0 Å². The van der Waals surface area contributed by atoms with Gasteiger partial charge in [0.05, 0.1) is 14.2 Å². The predicted molar refractivity (Wildman–Crippen MR) is 366 cm³/mol. The fourth-order valence-electron chi connectivity index (χ4n) is 3.50. The van der Waals surface area contributed by atoms with E-state index < -0.39 is 47.5 Å². The van der Waals surface area contributed by atoms with Gasteiger partial charge >= 0.3 is 148 Å². The van der Waals surface area contributed by atoms with Gasteiger partial charge in [-0.1, -0.05) is 136 Å². The smallest absolute Gasteiger partial charge is 0.503 e. The molecule has 2 saturated heterocycles. The number of hydrogen-bond acceptors (Lipinski definition) is 16. The molecule has 0 aliphatic carbocycles. The number of carbonyl (C=O) groups excluding carboxylic acids is 6. The van der Waals surface area contributed by atoms with Crippen LogP contribution in [0.2, 0.25) is 0 Å². The molecule has 2 atom stereocenters. The van der Waals surface area contributed by atoms with Gasteiger partial charge in [0, 0.05) is 26.1 Å². The molecule has 0 aromatic carbocycles. The first kappa shape index (κ1) is 159. The average Bonchev–Trinajstić information content (AvgIpc) is 3.38. The molecule has 2 aliphatic heterocycles. The van der Waals surface area contributed by atoms with Crippen LogP contribution < -0.4 is 21.9 Å². The maximum atomic E-state index is 10.3. The number of hydroxylamine groups is 4. The zero-order valence-corrected chi connectivity index (χ0v) is 74.7. The van der Waals surface area contributed by atoms with E-state index in [0.29, 0.717) is 36.9 Å². The molecule has 2 rings (SSSR count). The van der Waals surface area contributed by atoms with Gasteiger partial charge in [-0.3, -0.25) is 79.2 Å². The average molecular weight is 1710 g/mol. The van der Waals surface area contributed by atoms with Crippen LogP contribution in [-0.2, 0) is 215 Å². The maximum absolute atomic E-state index is 10.3. The first-order valence-corrected chi connectivity index (χ1v) is 29.8. The minimum Gasteiger partial charge on any atom is -0.503 e. The van der Waals surface area contributed by atoms with E-state index in [1.165, 1.54) is 50.9 Å². The molecule has 0 aromatic rings. The molecule has 0 saturated carbocycles. The van der Waals surface area contributed by atoms with E-state index in [2.05, 4.69) is 242 Å². The van der Waals surface area contributed by atoms with Crippen LogP contribution in [0, 0.1) is 158 Å². The molecule has 2 fully saturated rings. The van der Waals surface area contributed by atoms with Gasteiger partial charge in [-0.05, 0) is 49.4 Å². The fraction of sp³-hybridized carbons (Fsp3) is 0.647. The predicted octanol–water partition coefficient (Wildman–Crippen LogP) is 14.2. The summed E-state index contributed by atoms with van der Waals surface area (Å²) in [4.78, 5) is 85.7. The molecule has 8 N–H and O–H groups in total. The zero-order valence-electron chi connectivity index (χ0n) is 63.5. The molecular weight excluding hydrogens is 1570 g/mol. The summed E-state index contributed by atoms with van der Waals surface area (Å²) in [6.07, 6.45) is 14.8. The molecule has 4 amide bonds. The van der Waals surface area contributed by atoms with Gasteiger partial charge in [0.1, 0.15) is 23.6 Å². The number of carbonyl (C=O) groups is 8. The fourth-order valence-corrected chi connectivity index (χ4v) is 3.50. The number of methoxy groups -OCH3 is 2. The van der Waals surface area contributed by atoms with Crippen molar-refractivity contribution in [2.24, 2.45) is 47.3 Å². The summed E-state index contributed by atoms with van der Waals surface area (Å²) in [6.45, 7) is 87.6. The zero-order chi connectivity index (χ0) is 74.8. The quantitative estimate of drug-likeness (QED) is 0.0389. The SMILES string of the molecule is [CH2-]C(=O)NO.[CH2-]C(=O)NO.[CH2-]C(=O)NOC1CCCCO1.[CH2-]C(=O)NOC1CCCCO1.[CH2-]C(=O)O.[CH2-]C(=O)O.[CH2-]C(=O)OC.[CH2-]C(=O)OC.[CH2-]C(C)C.[CH2-]C(C)C.[CH2-]C(C)C.[CH2-]C(C)C.[CH2-]CCC(C)C.[CH2-]CCC(C)C.[CH2-]CCC(C)C.[CH2-]CCC(C)C.[V+2].[V+2].[V+2].[V+2].[V+2].[V+2].[V+2].[V+2]. The Kier molecular flexibility index (Phi) is 226. The van der Waals surface area contributed by atoms with Gasteiger partial charge in [-0.2, -0.15) is 49.4 Å². The van der Waals surface area contributed by atoms with E-state index in [9.17, 15) is 28.8 Å². The van der Waals surface area contributed by atoms with E-state index in [1.54, 1.807) is 0 Å². The summed E-state index contributed by atoms with van der Waals surface area (Å²) >= 11 is 0. The van der Waals surface area contributed by atoms with E-state index in [4.69, 9.17) is 49.4 Å². The Hall–Kier alpha value is -0.845. The normalized spacial score (nSPS) is 11.3. The van der Waals surface area contributed by atoms with Crippen molar-refractivity contribution in [1.29, 1.82) is 0 Å². The van der Waals surface area contributed by atoms with E-state index in [1.807, 2.05) is 0 Å². The van der Waals surface area contributed by atoms with E-state index >= 15 is 0 Å².